The largest absolute Gasteiger partial charge is 0.496 e. The van der Waals surface area contributed by atoms with Gasteiger partial charge >= 0.3 is 0 Å². The van der Waals surface area contributed by atoms with Crippen LogP contribution in [0.4, 0.5) is 11.4 Å². The monoisotopic (exact) mass is 452 g/mol. The topological polar surface area (TPSA) is 77.1 Å². The van der Waals surface area contributed by atoms with Crippen LogP contribution >= 0.6 is 11.6 Å². The highest BCUT2D eigenvalue weighted by Gasteiger charge is 2.27. The van der Waals surface area contributed by atoms with Crippen LogP contribution in [0, 0.1) is 0 Å². The summed E-state index contributed by atoms with van der Waals surface area (Å²) in [5, 5.41) is 3.48. The number of methoxy groups -OCH3 is 2. The third-order valence-corrected chi connectivity index (χ3v) is 5.32. The molecule has 1 aliphatic rings. The van der Waals surface area contributed by atoms with Gasteiger partial charge in [-0.05, 0) is 48.0 Å². The predicted molar refractivity (Wildman–Crippen MR) is 122 cm³/mol. The first-order valence-electron chi connectivity index (χ1n) is 9.84. The van der Waals surface area contributed by atoms with Crippen molar-refractivity contribution in [1.29, 1.82) is 0 Å². The van der Waals surface area contributed by atoms with Crippen LogP contribution in [0.5, 0.6) is 17.2 Å². The lowest BCUT2D eigenvalue weighted by Crippen LogP contribution is -2.38. The molecule has 3 aromatic rings. The zero-order valence-corrected chi connectivity index (χ0v) is 18.3. The quantitative estimate of drug-likeness (QED) is 0.594. The molecule has 0 radical (unpaired) electrons. The molecule has 2 amide bonds. The van der Waals surface area contributed by atoms with Crippen LogP contribution in [-0.2, 0) is 11.3 Å². The minimum Gasteiger partial charge on any atom is -0.496 e. The molecule has 0 aliphatic carbocycles. The molecule has 1 N–H and O–H groups in total. The molecule has 0 fully saturated rings. The van der Waals surface area contributed by atoms with Gasteiger partial charge in [-0.2, -0.15) is 0 Å². The molecule has 0 aromatic heterocycles. The number of rotatable bonds is 6. The average Bonchev–Trinajstić information content (AvgIpc) is 2.81. The van der Waals surface area contributed by atoms with Crippen molar-refractivity contribution < 1.29 is 23.8 Å². The van der Waals surface area contributed by atoms with Gasteiger partial charge in [0, 0.05) is 10.7 Å². The standard InChI is InChI=1S/C24H21ClN2O5/c1-30-20-4-3-5-21(31-2)23(20)24(29)26-17-10-11-19-18(12-17)27(22(28)14-32-19)13-15-6-8-16(25)9-7-15/h3-12H,13-14H2,1-2H3,(H,26,29). The number of hydrogen-bond donors (Lipinski definition) is 1. The molecule has 3 aromatic carbocycles. The Balaban J connectivity index is 1.63. The maximum atomic E-state index is 13.0. The first-order chi connectivity index (χ1) is 15.5. The molecule has 0 saturated heterocycles. The predicted octanol–water partition coefficient (Wildman–Crippen LogP) is 4.54. The van der Waals surface area contributed by atoms with Gasteiger partial charge in [0.2, 0.25) is 0 Å². The number of benzene rings is 3. The molecule has 4 rings (SSSR count). The van der Waals surface area contributed by atoms with Gasteiger partial charge in [0.1, 0.15) is 22.8 Å². The summed E-state index contributed by atoms with van der Waals surface area (Å²) in [6, 6.07) is 17.6. The molecule has 0 atom stereocenters. The highest BCUT2D eigenvalue weighted by molar-refractivity contribution is 6.30. The van der Waals surface area contributed by atoms with E-state index in [2.05, 4.69) is 5.32 Å². The van der Waals surface area contributed by atoms with Crippen molar-refractivity contribution in [3.8, 4) is 17.2 Å². The summed E-state index contributed by atoms with van der Waals surface area (Å²) in [6.45, 7) is 0.300. The number of ether oxygens (including phenoxy) is 3. The van der Waals surface area contributed by atoms with Gasteiger partial charge in [0.15, 0.2) is 6.61 Å². The zero-order chi connectivity index (χ0) is 22.7. The van der Waals surface area contributed by atoms with E-state index < -0.39 is 5.91 Å². The van der Waals surface area contributed by atoms with Crippen molar-refractivity contribution in [2.75, 3.05) is 31.0 Å². The Morgan fingerprint density at radius 1 is 1.06 bits per heavy atom. The van der Waals surface area contributed by atoms with Crippen LogP contribution in [-0.4, -0.2) is 32.6 Å². The van der Waals surface area contributed by atoms with Crippen molar-refractivity contribution in [3.63, 3.8) is 0 Å². The fourth-order valence-electron chi connectivity index (χ4n) is 3.49. The summed E-state index contributed by atoms with van der Waals surface area (Å²) in [6.07, 6.45) is 0. The van der Waals surface area contributed by atoms with Gasteiger partial charge in [-0.1, -0.05) is 29.8 Å². The fraction of sp³-hybridized carbons (Fsp3) is 0.167. The number of carbonyl (C=O) groups is 2. The van der Waals surface area contributed by atoms with Gasteiger partial charge in [-0.15, -0.1) is 0 Å². The van der Waals surface area contributed by atoms with Gasteiger partial charge in [0.25, 0.3) is 11.8 Å². The maximum Gasteiger partial charge on any atom is 0.265 e. The Labute approximate surface area is 190 Å². The number of hydrogen-bond acceptors (Lipinski definition) is 5. The first-order valence-corrected chi connectivity index (χ1v) is 10.2. The highest BCUT2D eigenvalue weighted by atomic mass is 35.5. The molecule has 1 heterocycles. The lowest BCUT2D eigenvalue weighted by Gasteiger charge is -2.30. The van der Waals surface area contributed by atoms with E-state index in [0.29, 0.717) is 40.2 Å². The smallest absolute Gasteiger partial charge is 0.265 e. The Bertz CT molecular complexity index is 1140. The minimum atomic E-state index is -0.397. The van der Waals surface area contributed by atoms with E-state index in [4.69, 9.17) is 25.8 Å². The van der Waals surface area contributed by atoms with Crippen LogP contribution in [0.2, 0.25) is 5.02 Å². The Kier molecular flexibility index (Phi) is 6.18. The van der Waals surface area contributed by atoms with E-state index in [1.165, 1.54) is 14.2 Å². The van der Waals surface area contributed by atoms with Crippen LogP contribution in [0.3, 0.4) is 0 Å². The van der Waals surface area contributed by atoms with Crippen molar-refractivity contribution >= 4 is 34.8 Å². The summed E-state index contributed by atoms with van der Waals surface area (Å²) in [5.41, 5.74) is 2.27. The SMILES string of the molecule is COc1cccc(OC)c1C(=O)Nc1ccc2c(c1)N(Cc1ccc(Cl)cc1)C(=O)CO2. The first kappa shape index (κ1) is 21.5. The summed E-state index contributed by atoms with van der Waals surface area (Å²) in [5.74, 6) is 0.769. The Morgan fingerprint density at radius 2 is 1.75 bits per heavy atom. The molecule has 1 aliphatic heterocycles. The van der Waals surface area contributed by atoms with E-state index >= 15 is 0 Å². The second-order valence-electron chi connectivity index (χ2n) is 7.07. The Morgan fingerprint density at radius 3 is 2.41 bits per heavy atom. The molecule has 164 valence electrons. The highest BCUT2D eigenvalue weighted by Crippen LogP contribution is 2.36. The van der Waals surface area contributed by atoms with Crippen molar-refractivity contribution in [2.24, 2.45) is 0 Å². The molecule has 32 heavy (non-hydrogen) atoms. The zero-order valence-electron chi connectivity index (χ0n) is 17.6. The van der Waals surface area contributed by atoms with Crippen LogP contribution in [0.1, 0.15) is 15.9 Å². The average molecular weight is 453 g/mol. The number of fused-ring (bicyclic) bond motifs is 1. The maximum absolute atomic E-state index is 13.0. The number of halogens is 1. The van der Waals surface area contributed by atoms with Crippen molar-refractivity contribution in [2.45, 2.75) is 6.54 Å². The van der Waals surface area contributed by atoms with Crippen LogP contribution in [0.25, 0.3) is 0 Å². The third kappa shape index (κ3) is 4.33. The molecule has 7 nitrogen and oxygen atoms in total. The molecule has 0 spiro atoms. The summed E-state index contributed by atoms with van der Waals surface area (Å²) >= 11 is 5.97. The number of nitrogens with zero attached hydrogens (tertiary/aromatic N) is 1. The molecular formula is C24H21ClN2O5. The lowest BCUT2D eigenvalue weighted by atomic mass is 10.1. The van der Waals surface area contributed by atoms with E-state index in [0.717, 1.165) is 5.56 Å². The molecule has 0 bridgehead atoms. The summed E-state index contributed by atoms with van der Waals surface area (Å²) in [7, 11) is 2.98. The van der Waals surface area contributed by atoms with Gasteiger partial charge in [-0.3, -0.25) is 9.59 Å². The van der Waals surface area contributed by atoms with Crippen LogP contribution < -0.4 is 24.4 Å². The van der Waals surface area contributed by atoms with Gasteiger partial charge in [-0.25, -0.2) is 0 Å². The summed E-state index contributed by atoms with van der Waals surface area (Å²) in [4.78, 5) is 27.2. The van der Waals surface area contributed by atoms with E-state index in [9.17, 15) is 9.59 Å². The van der Waals surface area contributed by atoms with E-state index in [1.54, 1.807) is 53.4 Å². The molecule has 8 heteroatoms. The lowest BCUT2D eigenvalue weighted by molar-refractivity contribution is -0.121. The number of nitrogens with one attached hydrogen (secondary N) is 1. The second-order valence-corrected chi connectivity index (χ2v) is 7.51. The Hall–Kier alpha value is -3.71. The van der Waals surface area contributed by atoms with E-state index in [1.807, 2.05) is 12.1 Å². The van der Waals surface area contributed by atoms with Crippen molar-refractivity contribution in [3.05, 3.63) is 76.8 Å². The summed E-state index contributed by atoms with van der Waals surface area (Å²) < 4.78 is 16.2. The van der Waals surface area contributed by atoms with Crippen molar-refractivity contribution in [1.82, 2.24) is 0 Å². The molecule has 0 saturated carbocycles. The second kappa shape index (κ2) is 9.20. The fourth-order valence-corrected chi connectivity index (χ4v) is 3.62. The van der Waals surface area contributed by atoms with Gasteiger partial charge in [0.05, 0.1) is 26.5 Å². The third-order valence-electron chi connectivity index (χ3n) is 5.07. The van der Waals surface area contributed by atoms with Crippen LogP contribution in [0.15, 0.2) is 60.7 Å². The van der Waals surface area contributed by atoms with E-state index in [-0.39, 0.29) is 18.1 Å². The van der Waals surface area contributed by atoms with Gasteiger partial charge < -0.3 is 24.4 Å². The number of anilines is 2. The number of amides is 2. The normalized spacial score (nSPS) is 12.6. The minimum absolute atomic E-state index is 0.0509. The molecule has 0 unspecified atom stereocenters. The number of carbonyl (C=O) groups excluding carboxylic acids is 2. The molecular weight excluding hydrogens is 432 g/mol.